The Morgan fingerprint density at radius 1 is 1.18 bits per heavy atom. The average Bonchev–Trinajstić information content (AvgIpc) is 2.15. The summed E-state index contributed by atoms with van der Waals surface area (Å²) in [7, 11) is 0. The Morgan fingerprint density at radius 3 is 2.29 bits per heavy atom. The van der Waals surface area contributed by atoms with Gasteiger partial charge in [0.25, 0.3) is 0 Å². The van der Waals surface area contributed by atoms with Gasteiger partial charge in [-0.25, -0.2) is 0 Å². The van der Waals surface area contributed by atoms with E-state index in [1.807, 2.05) is 0 Å². The van der Waals surface area contributed by atoms with E-state index >= 15 is 0 Å². The van der Waals surface area contributed by atoms with E-state index in [-0.39, 0.29) is 29.6 Å². The van der Waals surface area contributed by atoms with E-state index in [0.29, 0.717) is 5.92 Å². The molecule has 0 spiro atoms. The summed E-state index contributed by atoms with van der Waals surface area (Å²) in [6.45, 7) is 8.15. The molecule has 1 rings (SSSR count). The van der Waals surface area contributed by atoms with Gasteiger partial charge in [-0.3, -0.25) is 9.59 Å². The third kappa shape index (κ3) is 4.49. The summed E-state index contributed by atoms with van der Waals surface area (Å²) in [6, 6.07) is 0.246. The molecule has 0 aliphatic heterocycles. The third-order valence-corrected chi connectivity index (χ3v) is 3.63. The van der Waals surface area contributed by atoms with Crippen LogP contribution in [0, 0.1) is 11.3 Å². The molecule has 0 radical (unpaired) electrons. The van der Waals surface area contributed by atoms with Crippen molar-refractivity contribution in [2.45, 2.75) is 65.8 Å². The van der Waals surface area contributed by atoms with E-state index in [4.69, 9.17) is 0 Å². The second kappa shape index (κ2) is 5.65. The van der Waals surface area contributed by atoms with Crippen LogP contribution >= 0.6 is 0 Å². The van der Waals surface area contributed by atoms with Gasteiger partial charge in [0.05, 0.1) is 6.42 Å². The summed E-state index contributed by atoms with van der Waals surface area (Å²) < 4.78 is 0. The molecular formula is C14H25NO2. The number of amides is 1. The summed E-state index contributed by atoms with van der Waals surface area (Å²) in [6.07, 6.45) is 4.67. The highest BCUT2D eigenvalue weighted by molar-refractivity contribution is 5.96. The first-order valence-corrected chi connectivity index (χ1v) is 6.59. The minimum atomic E-state index is -0.112. The highest BCUT2D eigenvalue weighted by atomic mass is 16.2. The molecule has 0 aromatic rings. The van der Waals surface area contributed by atoms with Crippen LogP contribution in [0.15, 0.2) is 0 Å². The smallest absolute Gasteiger partial charge is 0.227 e. The quantitative estimate of drug-likeness (QED) is 0.770. The molecule has 0 aromatic heterocycles. The number of nitrogens with one attached hydrogen (secondary N) is 1. The fraction of sp³-hybridized carbons (Fsp3) is 0.857. The van der Waals surface area contributed by atoms with Crippen LogP contribution in [0.2, 0.25) is 0 Å². The summed E-state index contributed by atoms with van der Waals surface area (Å²) in [5.41, 5.74) is 0.217. The van der Waals surface area contributed by atoms with Crippen LogP contribution in [-0.4, -0.2) is 17.7 Å². The van der Waals surface area contributed by atoms with Crippen molar-refractivity contribution >= 4 is 11.7 Å². The lowest BCUT2D eigenvalue weighted by Crippen LogP contribution is -2.47. The van der Waals surface area contributed by atoms with Crippen LogP contribution in [0.4, 0.5) is 0 Å². The van der Waals surface area contributed by atoms with E-state index in [2.05, 4.69) is 26.1 Å². The maximum absolute atomic E-state index is 11.7. The zero-order chi connectivity index (χ0) is 13.1. The minimum absolute atomic E-state index is 0.0212. The van der Waals surface area contributed by atoms with Gasteiger partial charge in [-0.15, -0.1) is 0 Å². The Bertz CT molecular complexity index is 291. The van der Waals surface area contributed by atoms with E-state index in [1.165, 1.54) is 26.2 Å². The van der Waals surface area contributed by atoms with E-state index in [0.717, 1.165) is 6.42 Å². The van der Waals surface area contributed by atoms with Crippen molar-refractivity contribution in [3.05, 3.63) is 0 Å². The molecule has 0 saturated heterocycles. The minimum Gasteiger partial charge on any atom is -0.353 e. The van der Waals surface area contributed by atoms with Gasteiger partial charge in [-0.1, -0.05) is 33.6 Å². The Balaban J connectivity index is 2.60. The predicted molar refractivity (Wildman–Crippen MR) is 68.6 cm³/mol. The summed E-state index contributed by atoms with van der Waals surface area (Å²) in [5.74, 6) is 0.344. The van der Waals surface area contributed by atoms with Crippen molar-refractivity contribution in [3.8, 4) is 0 Å². The number of ketones is 1. The van der Waals surface area contributed by atoms with E-state index in [1.54, 1.807) is 0 Å². The average molecular weight is 239 g/mol. The van der Waals surface area contributed by atoms with Crippen molar-refractivity contribution in [2.75, 3.05) is 0 Å². The number of carbonyl (C=O) groups excluding carboxylic acids is 2. The van der Waals surface area contributed by atoms with Gasteiger partial charge < -0.3 is 5.32 Å². The highest BCUT2D eigenvalue weighted by Crippen LogP contribution is 2.37. The van der Waals surface area contributed by atoms with Crippen molar-refractivity contribution < 1.29 is 9.59 Å². The van der Waals surface area contributed by atoms with Gasteiger partial charge in [0.2, 0.25) is 5.91 Å². The number of hydrogen-bond donors (Lipinski definition) is 1. The Hall–Kier alpha value is -0.860. The maximum Gasteiger partial charge on any atom is 0.227 e. The molecule has 2 unspecified atom stereocenters. The normalized spacial score (nSPS) is 25.4. The van der Waals surface area contributed by atoms with Crippen LogP contribution in [0.1, 0.15) is 59.8 Å². The SMILES string of the molecule is CC(=O)CC(=O)NC1CCCCC1C(C)(C)C. The van der Waals surface area contributed by atoms with Crippen LogP contribution in [0.25, 0.3) is 0 Å². The molecule has 1 N–H and O–H groups in total. The van der Waals surface area contributed by atoms with Crippen LogP contribution < -0.4 is 5.32 Å². The summed E-state index contributed by atoms with van der Waals surface area (Å²) in [4.78, 5) is 22.6. The van der Waals surface area contributed by atoms with Crippen LogP contribution in [-0.2, 0) is 9.59 Å². The molecule has 0 bridgehead atoms. The summed E-state index contributed by atoms with van der Waals surface area (Å²) >= 11 is 0. The second-order valence-corrected chi connectivity index (χ2v) is 6.31. The largest absolute Gasteiger partial charge is 0.353 e. The second-order valence-electron chi connectivity index (χ2n) is 6.31. The van der Waals surface area contributed by atoms with Gasteiger partial charge in [-0.05, 0) is 31.1 Å². The molecular weight excluding hydrogens is 214 g/mol. The number of carbonyl (C=O) groups is 2. The lowest BCUT2D eigenvalue weighted by molar-refractivity contribution is -0.128. The monoisotopic (exact) mass is 239 g/mol. The standard InChI is InChI=1S/C14H25NO2/c1-10(16)9-13(17)15-12-8-6-5-7-11(12)14(2,3)4/h11-12H,5-9H2,1-4H3,(H,15,17). The maximum atomic E-state index is 11.7. The van der Waals surface area contributed by atoms with Crippen molar-refractivity contribution in [1.82, 2.24) is 5.32 Å². The number of rotatable bonds is 3. The van der Waals surface area contributed by atoms with Crippen molar-refractivity contribution in [3.63, 3.8) is 0 Å². The van der Waals surface area contributed by atoms with Crippen molar-refractivity contribution in [1.29, 1.82) is 0 Å². The van der Waals surface area contributed by atoms with E-state index < -0.39 is 0 Å². The zero-order valence-electron chi connectivity index (χ0n) is 11.5. The van der Waals surface area contributed by atoms with Crippen LogP contribution in [0.3, 0.4) is 0 Å². The molecule has 3 heteroatoms. The molecule has 0 heterocycles. The third-order valence-electron chi connectivity index (χ3n) is 3.63. The topological polar surface area (TPSA) is 46.2 Å². The van der Waals surface area contributed by atoms with Gasteiger partial charge >= 0.3 is 0 Å². The molecule has 2 atom stereocenters. The van der Waals surface area contributed by atoms with Crippen LogP contribution in [0.5, 0.6) is 0 Å². The Kier molecular flexibility index (Phi) is 4.72. The molecule has 1 saturated carbocycles. The van der Waals surface area contributed by atoms with E-state index in [9.17, 15) is 9.59 Å². The lowest BCUT2D eigenvalue weighted by Gasteiger charge is -2.40. The fourth-order valence-corrected chi connectivity index (χ4v) is 2.82. The van der Waals surface area contributed by atoms with Gasteiger partial charge in [-0.2, -0.15) is 0 Å². The van der Waals surface area contributed by atoms with Gasteiger partial charge in [0.1, 0.15) is 5.78 Å². The Morgan fingerprint density at radius 2 is 1.76 bits per heavy atom. The zero-order valence-corrected chi connectivity index (χ0v) is 11.5. The first-order chi connectivity index (χ1) is 7.80. The van der Waals surface area contributed by atoms with Crippen molar-refractivity contribution in [2.24, 2.45) is 11.3 Å². The number of Topliss-reactive ketones (excluding diaryl/α,β-unsaturated/α-hetero) is 1. The molecule has 1 aliphatic rings. The lowest BCUT2D eigenvalue weighted by atomic mass is 9.69. The molecule has 1 amide bonds. The molecule has 17 heavy (non-hydrogen) atoms. The molecule has 3 nitrogen and oxygen atoms in total. The van der Waals surface area contributed by atoms with Gasteiger partial charge in [0, 0.05) is 6.04 Å². The fourth-order valence-electron chi connectivity index (χ4n) is 2.82. The highest BCUT2D eigenvalue weighted by Gasteiger charge is 2.34. The molecule has 98 valence electrons. The molecule has 1 fully saturated rings. The first kappa shape index (κ1) is 14.2. The number of hydrogen-bond acceptors (Lipinski definition) is 2. The Labute approximate surface area is 104 Å². The van der Waals surface area contributed by atoms with Gasteiger partial charge in [0.15, 0.2) is 0 Å². The summed E-state index contributed by atoms with van der Waals surface area (Å²) in [5, 5.41) is 3.05. The molecule has 1 aliphatic carbocycles. The first-order valence-electron chi connectivity index (χ1n) is 6.59. The predicted octanol–water partition coefficient (Wildman–Crippen LogP) is 2.69. The molecule has 0 aromatic carbocycles.